The summed E-state index contributed by atoms with van der Waals surface area (Å²) in [5.74, 6) is 0.942. The van der Waals surface area contributed by atoms with E-state index in [-0.39, 0.29) is 34.3 Å². The van der Waals surface area contributed by atoms with Crippen molar-refractivity contribution in [1.82, 2.24) is 9.78 Å². The van der Waals surface area contributed by atoms with E-state index in [1.807, 2.05) is 10.7 Å². The van der Waals surface area contributed by atoms with Crippen molar-refractivity contribution in [2.45, 2.75) is 49.8 Å². The Morgan fingerprint density at radius 3 is 2.62 bits per heavy atom. The van der Waals surface area contributed by atoms with Crippen molar-refractivity contribution in [2.24, 2.45) is 0 Å². The van der Waals surface area contributed by atoms with Gasteiger partial charge in [0.15, 0.2) is 0 Å². The Balaban J connectivity index is 1.81. The minimum absolute atomic E-state index is 0.0970. The van der Waals surface area contributed by atoms with Crippen molar-refractivity contribution < 1.29 is 9.90 Å². The molecule has 3 N–H and O–H groups in total. The second-order valence-electron chi connectivity index (χ2n) is 7.05. The van der Waals surface area contributed by atoms with Gasteiger partial charge in [-0.25, -0.2) is 0 Å². The van der Waals surface area contributed by atoms with Crippen molar-refractivity contribution in [3.05, 3.63) is 45.7 Å². The molecule has 1 aromatic carbocycles. The maximum absolute atomic E-state index is 12.8. The fourth-order valence-electron chi connectivity index (χ4n) is 3.98. The third-order valence-corrected chi connectivity index (χ3v) is 6.50. The van der Waals surface area contributed by atoms with Gasteiger partial charge in [0.05, 0.1) is 22.6 Å². The predicted molar refractivity (Wildman–Crippen MR) is 103 cm³/mol. The van der Waals surface area contributed by atoms with Gasteiger partial charge in [-0.05, 0) is 30.5 Å². The normalized spacial score (nSPS) is 21.5. The third-order valence-electron chi connectivity index (χ3n) is 5.23. The first-order valence-electron chi connectivity index (χ1n) is 9.18. The average Bonchev–Trinajstić information content (AvgIpc) is 2.83. The van der Waals surface area contributed by atoms with E-state index >= 15 is 0 Å². The summed E-state index contributed by atoms with van der Waals surface area (Å²) in [4.78, 5) is 25.1. The molecule has 0 spiro atoms. The summed E-state index contributed by atoms with van der Waals surface area (Å²) in [5.41, 5.74) is 1.25. The zero-order valence-corrected chi connectivity index (χ0v) is 15.3. The molecule has 1 amide bonds. The van der Waals surface area contributed by atoms with E-state index in [2.05, 4.69) is 10.4 Å². The number of rotatable bonds is 2. The number of phenols is 1. The van der Waals surface area contributed by atoms with Crippen molar-refractivity contribution in [3.63, 3.8) is 0 Å². The molecule has 2 aromatic rings. The second-order valence-corrected chi connectivity index (χ2v) is 8.15. The Kier molecular flexibility index (Phi) is 4.80. The predicted octanol–water partition coefficient (Wildman–Crippen LogP) is 3.55. The summed E-state index contributed by atoms with van der Waals surface area (Å²) in [5, 5.41) is 15.5. The van der Waals surface area contributed by atoms with Crippen molar-refractivity contribution in [3.8, 4) is 5.75 Å². The number of hydrogen-bond acceptors (Lipinski definition) is 4. The van der Waals surface area contributed by atoms with Crippen LogP contribution in [-0.2, 0) is 4.79 Å². The molecule has 1 aliphatic carbocycles. The lowest BCUT2D eigenvalue weighted by Crippen LogP contribution is -2.19. The molecule has 6 nitrogen and oxygen atoms in total. The number of H-pyrrole nitrogens is 1. The molecule has 2 aliphatic rings. The maximum atomic E-state index is 12.8. The number of nitrogens with one attached hydrogen (secondary N) is 2. The number of hydrogen-bond donors (Lipinski definition) is 3. The van der Waals surface area contributed by atoms with Crippen LogP contribution in [0.3, 0.4) is 0 Å². The summed E-state index contributed by atoms with van der Waals surface area (Å²) in [7, 11) is 0. The van der Waals surface area contributed by atoms with Gasteiger partial charge in [0.25, 0.3) is 5.56 Å². The first-order chi connectivity index (χ1) is 12.6. The summed E-state index contributed by atoms with van der Waals surface area (Å²) in [6.45, 7) is 0. The summed E-state index contributed by atoms with van der Waals surface area (Å²) >= 11 is 1.42. The Morgan fingerprint density at radius 2 is 1.88 bits per heavy atom. The average molecular weight is 373 g/mol. The molecule has 1 fully saturated rings. The molecule has 0 bridgehead atoms. The van der Waals surface area contributed by atoms with Gasteiger partial charge >= 0.3 is 0 Å². The van der Waals surface area contributed by atoms with E-state index in [0.29, 0.717) is 11.4 Å². The van der Waals surface area contributed by atoms with Crippen molar-refractivity contribution >= 4 is 23.5 Å². The van der Waals surface area contributed by atoms with E-state index in [1.54, 1.807) is 18.2 Å². The lowest BCUT2D eigenvalue weighted by atomic mass is 10.1. The molecule has 4 rings (SSSR count). The highest BCUT2D eigenvalue weighted by Gasteiger charge is 2.32. The monoisotopic (exact) mass is 373 g/mol. The topological polar surface area (TPSA) is 87.1 Å². The molecule has 0 saturated heterocycles. The number of fused-ring (bicyclic) bond motifs is 1. The number of nitrogens with zero attached hydrogens (tertiary/aromatic N) is 1. The quantitative estimate of drug-likeness (QED) is 0.703. The highest BCUT2D eigenvalue weighted by molar-refractivity contribution is 8.00. The van der Waals surface area contributed by atoms with Gasteiger partial charge in [-0.3, -0.25) is 19.4 Å². The van der Waals surface area contributed by atoms with Gasteiger partial charge in [0.1, 0.15) is 11.6 Å². The van der Waals surface area contributed by atoms with E-state index in [1.165, 1.54) is 24.6 Å². The number of aromatic amines is 1. The molecular formula is C19H23N3O3S. The van der Waals surface area contributed by atoms with Crippen LogP contribution in [0.4, 0.5) is 5.82 Å². The van der Waals surface area contributed by atoms with E-state index in [4.69, 9.17) is 0 Å². The van der Waals surface area contributed by atoms with Crippen LogP contribution in [0.5, 0.6) is 5.75 Å². The van der Waals surface area contributed by atoms with E-state index in [0.717, 1.165) is 31.2 Å². The first kappa shape index (κ1) is 17.3. The Morgan fingerprint density at radius 1 is 1.12 bits per heavy atom. The van der Waals surface area contributed by atoms with Crippen LogP contribution < -0.4 is 10.9 Å². The lowest BCUT2D eigenvalue weighted by Gasteiger charge is -2.19. The Bertz CT molecular complexity index is 865. The molecule has 138 valence electrons. The number of benzene rings is 1. The van der Waals surface area contributed by atoms with Crippen molar-refractivity contribution in [2.75, 3.05) is 11.1 Å². The molecule has 1 aliphatic heterocycles. The molecule has 0 radical (unpaired) electrons. The van der Waals surface area contributed by atoms with Gasteiger partial charge in [0.2, 0.25) is 5.91 Å². The molecule has 0 unspecified atom stereocenters. The Hall–Kier alpha value is -2.15. The van der Waals surface area contributed by atoms with Gasteiger partial charge in [-0.2, -0.15) is 0 Å². The SMILES string of the molecule is O=C1CS[C@H](c2cccc(O)c2)c2c(n(C3CCCCCC3)[nH]c2=O)N1. The molecule has 1 aromatic heterocycles. The van der Waals surface area contributed by atoms with Crippen LogP contribution in [0.15, 0.2) is 29.1 Å². The van der Waals surface area contributed by atoms with Gasteiger partial charge in [-0.1, -0.05) is 37.8 Å². The molecule has 2 heterocycles. The number of phenolic OH excluding ortho intramolecular Hbond substituents is 1. The fourth-order valence-corrected chi connectivity index (χ4v) is 5.10. The fraction of sp³-hybridized carbons (Fsp3) is 0.474. The minimum Gasteiger partial charge on any atom is -0.508 e. The minimum atomic E-state index is -0.285. The van der Waals surface area contributed by atoms with Crippen LogP contribution in [-0.4, -0.2) is 26.5 Å². The maximum Gasteiger partial charge on any atom is 0.270 e. The summed E-state index contributed by atoms with van der Waals surface area (Å²) < 4.78 is 1.89. The number of thioether (sulfide) groups is 1. The molecule has 1 atom stereocenters. The van der Waals surface area contributed by atoms with Crippen LogP contribution in [0.1, 0.15) is 60.9 Å². The number of aromatic nitrogens is 2. The first-order valence-corrected chi connectivity index (χ1v) is 10.2. The zero-order valence-electron chi connectivity index (χ0n) is 14.5. The Labute approximate surface area is 156 Å². The number of anilines is 1. The number of carbonyl (C=O) groups is 1. The number of amides is 1. The second kappa shape index (κ2) is 7.23. The largest absolute Gasteiger partial charge is 0.508 e. The summed E-state index contributed by atoms with van der Waals surface area (Å²) in [6, 6.07) is 7.14. The van der Waals surface area contributed by atoms with Gasteiger partial charge in [-0.15, -0.1) is 11.8 Å². The molecule has 7 heteroatoms. The van der Waals surface area contributed by atoms with Gasteiger partial charge < -0.3 is 10.4 Å². The molecule has 1 saturated carbocycles. The lowest BCUT2D eigenvalue weighted by molar-refractivity contribution is -0.113. The van der Waals surface area contributed by atoms with Crippen LogP contribution in [0.25, 0.3) is 0 Å². The highest BCUT2D eigenvalue weighted by Crippen LogP contribution is 2.42. The van der Waals surface area contributed by atoms with Crippen LogP contribution in [0, 0.1) is 0 Å². The van der Waals surface area contributed by atoms with Crippen molar-refractivity contribution in [1.29, 1.82) is 0 Å². The van der Waals surface area contributed by atoms with Crippen LogP contribution in [0.2, 0.25) is 0 Å². The number of carbonyl (C=O) groups excluding carboxylic acids is 1. The zero-order chi connectivity index (χ0) is 18.1. The molecule has 26 heavy (non-hydrogen) atoms. The standard InChI is InChI=1S/C19H23N3O3S/c23-14-9-5-6-12(10-14)17-16-18(20-15(24)11-26-17)22(21-19(16)25)13-7-3-1-2-4-8-13/h5-6,9-10,13,17,23H,1-4,7-8,11H2,(H,20,24)(H,21,25)/t17-/m1/s1. The summed E-state index contributed by atoms with van der Waals surface area (Å²) in [6.07, 6.45) is 6.74. The van der Waals surface area contributed by atoms with E-state index < -0.39 is 0 Å². The van der Waals surface area contributed by atoms with E-state index in [9.17, 15) is 14.7 Å². The van der Waals surface area contributed by atoms with Crippen LogP contribution >= 0.6 is 11.8 Å². The molecular weight excluding hydrogens is 350 g/mol. The number of aromatic hydroxyl groups is 1. The smallest absolute Gasteiger partial charge is 0.270 e. The third kappa shape index (κ3) is 3.28. The van der Waals surface area contributed by atoms with Gasteiger partial charge in [0, 0.05) is 0 Å². The highest BCUT2D eigenvalue weighted by atomic mass is 32.2.